The Kier molecular flexibility index (Phi) is 7.64. The molecule has 29 heavy (non-hydrogen) atoms. The predicted octanol–water partition coefficient (Wildman–Crippen LogP) is 4.13. The molecule has 0 aromatic heterocycles. The molecule has 1 aliphatic heterocycles. The Balaban J connectivity index is 0.000000370. The molecule has 5 nitrogen and oxygen atoms in total. The summed E-state index contributed by atoms with van der Waals surface area (Å²) in [5.41, 5.74) is 3.23. The number of hydrogen-bond donors (Lipinski definition) is 1. The average Bonchev–Trinajstić information content (AvgIpc) is 3.22. The van der Waals surface area contributed by atoms with Crippen LogP contribution >= 0.6 is 0 Å². The number of amides is 1. The first kappa shape index (κ1) is 22.3. The van der Waals surface area contributed by atoms with Crippen molar-refractivity contribution in [1.82, 2.24) is 0 Å². The van der Waals surface area contributed by atoms with E-state index in [1.54, 1.807) is 4.90 Å². The number of benzene rings is 2. The molecular formula is C21H23F3N2O3. The summed E-state index contributed by atoms with van der Waals surface area (Å²) < 4.78 is 31.7. The second-order valence-corrected chi connectivity index (χ2v) is 6.60. The lowest BCUT2D eigenvalue weighted by Gasteiger charge is -2.26. The summed E-state index contributed by atoms with van der Waals surface area (Å²) in [6, 6.07) is 18.1. The van der Waals surface area contributed by atoms with Gasteiger partial charge in [0.2, 0.25) is 5.91 Å². The lowest BCUT2D eigenvalue weighted by molar-refractivity contribution is -0.192. The minimum atomic E-state index is -5.08. The molecule has 1 fully saturated rings. The Hall–Kier alpha value is -3.03. The van der Waals surface area contributed by atoms with Crippen LogP contribution in [0.2, 0.25) is 0 Å². The Morgan fingerprint density at radius 1 is 1.00 bits per heavy atom. The molecule has 156 valence electrons. The third-order valence-electron chi connectivity index (χ3n) is 4.50. The molecule has 1 amide bonds. The van der Waals surface area contributed by atoms with Gasteiger partial charge in [0.05, 0.1) is 17.8 Å². The number of carbonyl (C=O) groups is 2. The number of halogens is 3. The van der Waals surface area contributed by atoms with Crippen LogP contribution in [0.4, 0.5) is 24.5 Å². The van der Waals surface area contributed by atoms with Gasteiger partial charge >= 0.3 is 12.1 Å². The maximum Gasteiger partial charge on any atom is 0.490 e. The fraction of sp³-hybridized carbons (Fsp3) is 0.333. The van der Waals surface area contributed by atoms with Crippen LogP contribution in [0.15, 0.2) is 54.6 Å². The summed E-state index contributed by atoms with van der Waals surface area (Å²) in [5, 5.41) is 7.12. The Labute approximate surface area is 167 Å². The van der Waals surface area contributed by atoms with Crippen LogP contribution in [0.3, 0.4) is 0 Å². The molecule has 3 rings (SSSR count). The summed E-state index contributed by atoms with van der Waals surface area (Å²) in [6.07, 6.45) is -2.18. The number of aliphatic carboxylic acids is 1. The van der Waals surface area contributed by atoms with Gasteiger partial charge in [0.1, 0.15) is 0 Å². The van der Waals surface area contributed by atoms with E-state index in [-0.39, 0.29) is 5.91 Å². The lowest BCUT2D eigenvalue weighted by atomic mass is 10.1. The summed E-state index contributed by atoms with van der Waals surface area (Å²) in [5.74, 6) is -2.63. The molecule has 0 spiro atoms. The van der Waals surface area contributed by atoms with Crippen molar-refractivity contribution in [2.75, 3.05) is 29.9 Å². The van der Waals surface area contributed by atoms with Crippen molar-refractivity contribution in [2.45, 2.75) is 25.4 Å². The van der Waals surface area contributed by atoms with Crippen molar-refractivity contribution in [3.05, 3.63) is 60.2 Å². The minimum Gasteiger partial charge on any atom is -0.475 e. The normalized spacial score (nSPS) is 13.4. The minimum absolute atomic E-state index is 0.123. The number of anilines is 2. The highest BCUT2D eigenvalue weighted by molar-refractivity contribution is 5.97. The van der Waals surface area contributed by atoms with Crippen molar-refractivity contribution in [2.24, 2.45) is 0 Å². The molecule has 1 N–H and O–H groups in total. The number of carboxylic acid groups (broad SMARTS) is 1. The number of carboxylic acids is 1. The maximum atomic E-state index is 12.6. The zero-order chi connectivity index (χ0) is 21.4. The third kappa shape index (κ3) is 6.51. The van der Waals surface area contributed by atoms with Crippen molar-refractivity contribution in [1.29, 1.82) is 0 Å². The molecule has 0 bridgehead atoms. The highest BCUT2D eigenvalue weighted by Gasteiger charge is 2.38. The standard InChI is InChI=1S/C19H22N2O.C2HF3O2/c1-20(19(22)15-16-9-3-2-4-10-16)17-11-5-6-12-18(17)21-13-7-8-14-21;3-2(4,5)1(6)7/h2-6,9-12H,7-8,13-15H2,1H3;(H,6,7). The van der Waals surface area contributed by atoms with E-state index in [0.29, 0.717) is 6.42 Å². The number of nitrogens with zero attached hydrogens (tertiary/aromatic N) is 2. The fourth-order valence-corrected chi connectivity index (χ4v) is 3.00. The van der Waals surface area contributed by atoms with E-state index in [2.05, 4.69) is 11.0 Å². The van der Waals surface area contributed by atoms with Crippen LogP contribution in [0, 0.1) is 0 Å². The zero-order valence-corrected chi connectivity index (χ0v) is 16.0. The van der Waals surface area contributed by atoms with Crippen LogP contribution in [0.1, 0.15) is 18.4 Å². The van der Waals surface area contributed by atoms with Crippen molar-refractivity contribution in [3.8, 4) is 0 Å². The SMILES string of the molecule is CN(C(=O)Cc1ccccc1)c1ccccc1N1CCCC1.O=C(O)C(F)(F)F. The van der Waals surface area contributed by atoms with Crippen molar-refractivity contribution in [3.63, 3.8) is 0 Å². The first-order valence-electron chi connectivity index (χ1n) is 9.14. The molecule has 0 aliphatic carbocycles. The number of rotatable bonds is 4. The molecule has 0 radical (unpaired) electrons. The lowest BCUT2D eigenvalue weighted by Crippen LogP contribution is -2.30. The van der Waals surface area contributed by atoms with Gasteiger partial charge in [0.25, 0.3) is 0 Å². The van der Waals surface area contributed by atoms with Crippen LogP contribution in [0.25, 0.3) is 0 Å². The van der Waals surface area contributed by atoms with E-state index in [1.165, 1.54) is 18.5 Å². The molecule has 0 saturated carbocycles. The van der Waals surface area contributed by atoms with E-state index in [9.17, 15) is 18.0 Å². The average molecular weight is 408 g/mol. The van der Waals surface area contributed by atoms with Crippen LogP contribution in [-0.2, 0) is 16.0 Å². The molecule has 1 heterocycles. The van der Waals surface area contributed by atoms with E-state index in [4.69, 9.17) is 9.90 Å². The second kappa shape index (κ2) is 9.95. The summed E-state index contributed by atoms with van der Waals surface area (Å²) in [7, 11) is 1.88. The highest BCUT2D eigenvalue weighted by atomic mass is 19.4. The van der Waals surface area contributed by atoms with E-state index < -0.39 is 12.1 Å². The predicted molar refractivity (Wildman–Crippen MR) is 105 cm³/mol. The van der Waals surface area contributed by atoms with Crippen LogP contribution in [0.5, 0.6) is 0 Å². The van der Waals surface area contributed by atoms with Gasteiger partial charge in [-0.15, -0.1) is 0 Å². The first-order chi connectivity index (χ1) is 13.7. The Bertz CT molecular complexity index is 819. The molecular weight excluding hydrogens is 385 g/mol. The van der Waals surface area contributed by atoms with Crippen molar-refractivity contribution < 1.29 is 27.9 Å². The van der Waals surface area contributed by atoms with E-state index in [0.717, 1.165) is 24.3 Å². The molecule has 2 aromatic rings. The summed E-state index contributed by atoms with van der Waals surface area (Å²) in [6.45, 7) is 2.16. The first-order valence-corrected chi connectivity index (χ1v) is 9.14. The van der Waals surface area contributed by atoms with Gasteiger partial charge in [-0.25, -0.2) is 4.79 Å². The van der Waals surface area contributed by atoms with Gasteiger partial charge in [-0.2, -0.15) is 13.2 Å². The number of hydrogen-bond acceptors (Lipinski definition) is 3. The van der Waals surface area contributed by atoms with Crippen LogP contribution < -0.4 is 9.80 Å². The molecule has 0 unspecified atom stereocenters. The second-order valence-electron chi connectivity index (χ2n) is 6.60. The third-order valence-corrected chi connectivity index (χ3v) is 4.50. The largest absolute Gasteiger partial charge is 0.490 e. The Morgan fingerprint density at radius 2 is 1.52 bits per heavy atom. The number of para-hydroxylation sites is 2. The molecule has 1 saturated heterocycles. The molecule has 0 atom stereocenters. The number of alkyl halides is 3. The monoisotopic (exact) mass is 408 g/mol. The van der Waals surface area contributed by atoms with Gasteiger partial charge in [0.15, 0.2) is 0 Å². The number of carbonyl (C=O) groups excluding carboxylic acids is 1. The summed E-state index contributed by atoms with van der Waals surface area (Å²) in [4.78, 5) is 25.7. The van der Waals surface area contributed by atoms with Gasteiger partial charge < -0.3 is 14.9 Å². The van der Waals surface area contributed by atoms with Gasteiger partial charge in [-0.1, -0.05) is 42.5 Å². The topological polar surface area (TPSA) is 60.9 Å². The van der Waals surface area contributed by atoms with E-state index >= 15 is 0 Å². The van der Waals surface area contributed by atoms with Gasteiger partial charge in [-0.05, 0) is 30.5 Å². The smallest absolute Gasteiger partial charge is 0.475 e. The molecule has 8 heteroatoms. The highest BCUT2D eigenvalue weighted by Crippen LogP contribution is 2.31. The van der Waals surface area contributed by atoms with Gasteiger partial charge in [0, 0.05) is 20.1 Å². The Morgan fingerprint density at radius 3 is 2.07 bits per heavy atom. The van der Waals surface area contributed by atoms with E-state index in [1.807, 2.05) is 55.6 Å². The fourth-order valence-electron chi connectivity index (χ4n) is 3.00. The number of likely N-dealkylation sites (N-methyl/N-ethyl adjacent to an activating group) is 1. The van der Waals surface area contributed by atoms with Crippen LogP contribution in [-0.4, -0.2) is 43.3 Å². The molecule has 2 aromatic carbocycles. The maximum absolute atomic E-state index is 12.6. The van der Waals surface area contributed by atoms with Gasteiger partial charge in [-0.3, -0.25) is 4.79 Å². The zero-order valence-electron chi connectivity index (χ0n) is 16.0. The quantitative estimate of drug-likeness (QED) is 0.827. The summed E-state index contributed by atoms with van der Waals surface area (Å²) >= 11 is 0. The van der Waals surface area contributed by atoms with Crippen molar-refractivity contribution >= 4 is 23.3 Å². The molecule has 1 aliphatic rings.